The highest BCUT2D eigenvalue weighted by atomic mass is 16.5. The Morgan fingerprint density at radius 1 is 1.28 bits per heavy atom. The number of rotatable bonds is 3. The molecule has 2 aromatic rings. The van der Waals surface area contributed by atoms with Gasteiger partial charge in [0.05, 0.1) is 6.07 Å². The van der Waals surface area contributed by atoms with Crippen LogP contribution < -0.4 is 0 Å². The number of fused-ring (bicyclic) bond motifs is 1. The first-order chi connectivity index (χ1) is 8.86. The van der Waals surface area contributed by atoms with Crippen LogP contribution >= 0.6 is 0 Å². The first-order valence-corrected chi connectivity index (χ1v) is 6.13. The summed E-state index contributed by atoms with van der Waals surface area (Å²) in [6.07, 6.45) is 2.93. The van der Waals surface area contributed by atoms with E-state index in [0.29, 0.717) is 24.7 Å². The van der Waals surface area contributed by atoms with Gasteiger partial charge in [-0.15, -0.1) is 0 Å². The molecule has 3 rings (SSSR count). The summed E-state index contributed by atoms with van der Waals surface area (Å²) in [5.41, 5.74) is 2.76. The highest BCUT2D eigenvalue weighted by Gasteiger charge is 2.26. The molecule has 90 valence electrons. The van der Waals surface area contributed by atoms with E-state index in [4.69, 9.17) is 9.78 Å². The third-order valence-corrected chi connectivity index (χ3v) is 3.35. The Morgan fingerprint density at radius 2 is 2.00 bits per heavy atom. The number of aryl methyl sites for hydroxylation is 1. The highest BCUT2D eigenvalue weighted by molar-refractivity contribution is 5.34. The van der Waals surface area contributed by atoms with Gasteiger partial charge in [0.25, 0.3) is 0 Å². The van der Waals surface area contributed by atoms with Gasteiger partial charge in [0, 0.05) is 18.8 Å². The van der Waals surface area contributed by atoms with Gasteiger partial charge in [-0.3, -0.25) is 0 Å². The van der Waals surface area contributed by atoms with E-state index in [1.807, 2.05) is 0 Å². The number of nitrogens with zero attached hydrogens (tertiary/aromatic N) is 3. The molecule has 1 aromatic carbocycles. The molecule has 0 unspecified atom stereocenters. The van der Waals surface area contributed by atoms with E-state index in [0.717, 1.165) is 18.7 Å². The average Bonchev–Trinajstić information content (AvgIpc) is 3.02. The Kier molecular flexibility index (Phi) is 2.81. The van der Waals surface area contributed by atoms with Gasteiger partial charge >= 0.3 is 0 Å². The van der Waals surface area contributed by atoms with Gasteiger partial charge in [0.15, 0.2) is 5.82 Å². The van der Waals surface area contributed by atoms with E-state index < -0.39 is 0 Å². The predicted molar refractivity (Wildman–Crippen MR) is 64.8 cm³/mol. The monoisotopic (exact) mass is 239 g/mol. The molecule has 0 fully saturated rings. The summed E-state index contributed by atoms with van der Waals surface area (Å²) in [4.78, 5) is 4.38. The van der Waals surface area contributed by atoms with Crippen LogP contribution in [0.5, 0.6) is 0 Å². The van der Waals surface area contributed by atoms with Crippen molar-refractivity contribution in [2.24, 2.45) is 0 Å². The second-order valence-corrected chi connectivity index (χ2v) is 4.58. The van der Waals surface area contributed by atoms with E-state index in [1.54, 1.807) is 0 Å². The number of hydrogen-bond acceptors (Lipinski definition) is 4. The van der Waals surface area contributed by atoms with Crippen molar-refractivity contribution in [1.29, 1.82) is 5.26 Å². The molecule has 0 atom stereocenters. The van der Waals surface area contributed by atoms with Crippen molar-refractivity contribution < 1.29 is 4.52 Å². The number of benzene rings is 1. The highest BCUT2D eigenvalue weighted by Crippen LogP contribution is 2.32. The largest absolute Gasteiger partial charge is 0.339 e. The molecule has 0 amide bonds. The van der Waals surface area contributed by atoms with Crippen molar-refractivity contribution in [3.63, 3.8) is 0 Å². The lowest BCUT2D eigenvalue weighted by molar-refractivity contribution is 0.370. The molecule has 4 nitrogen and oxygen atoms in total. The Balaban J connectivity index is 1.74. The maximum Gasteiger partial charge on any atom is 0.227 e. The minimum absolute atomic E-state index is 0.321. The van der Waals surface area contributed by atoms with Crippen LogP contribution in [-0.2, 0) is 19.3 Å². The van der Waals surface area contributed by atoms with Gasteiger partial charge < -0.3 is 4.52 Å². The predicted octanol–water partition coefficient (Wildman–Crippen LogP) is 2.41. The fourth-order valence-corrected chi connectivity index (χ4v) is 2.44. The zero-order valence-electron chi connectivity index (χ0n) is 9.97. The Morgan fingerprint density at radius 3 is 2.67 bits per heavy atom. The van der Waals surface area contributed by atoms with Crippen LogP contribution in [0.25, 0.3) is 0 Å². The second-order valence-electron chi connectivity index (χ2n) is 4.58. The van der Waals surface area contributed by atoms with Gasteiger partial charge in [0.2, 0.25) is 5.89 Å². The molecule has 0 N–H and O–H groups in total. The fraction of sp³-hybridized carbons (Fsp3) is 0.357. The lowest BCUT2D eigenvalue weighted by Crippen LogP contribution is -2.00. The Hall–Kier alpha value is -2.15. The number of aromatic nitrogens is 2. The lowest BCUT2D eigenvalue weighted by atomic mass is 10.1. The minimum Gasteiger partial charge on any atom is -0.339 e. The number of nitriles is 1. The molecule has 1 heterocycles. The van der Waals surface area contributed by atoms with Crippen LogP contribution in [0.1, 0.15) is 35.2 Å². The molecular formula is C14H13N3O. The fourth-order valence-electron chi connectivity index (χ4n) is 2.44. The summed E-state index contributed by atoms with van der Waals surface area (Å²) in [6, 6.07) is 10.5. The summed E-state index contributed by atoms with van der Waals surface area (Å²) in [5.74, 6) is 1.67. The van der Waals surface area contributed by atoms with Crippen molar-refractivity contribution >= 4 is 0 Å². The van der Waals surface area contributed by atoms with E-state index in [9.17, 15) is 0 Å². The van der Waals surface area contributed by atoms with Crippen molar-refractivity contribution in [2.75, 3.05) is 0 Å². The van der Waals surface area contributed by atoms with Crippen molar-refractivity contribution in [3.8, 4) is 6.07 Å². The van der Waals surface area contributed by atoms with E-state index in [-0.39, 0.29) is 0 Å². The van der Waals surface area contributed by atoms with Gasteiger partial charge in [-0.25, -0.2) is 0 Å². The molecular weight excluding hydrogens is 226 g/mol. The van der Waals surface area contributed by atoms with Gasteiger partial charge in [0.1, 0.15) is 0 Å². The Labute approximate surface area is 105 Å². The average molecular weight is 239 g/mol. The lowest BCUT2D eigenvalue weighted by Gasteiger charge is -2.00. The van der Waals surface area contributed by atoms with Crippen LogP contribution in [0, 0.1) is 11.3 Å². The molecule has 0 radical (unpaired) electrons. The molecule has 18 heavy (non-hydrogen) atoms. The summed E-state index contributed by atoms with van der Waals surface area (Å²) < 4.78 is 5.17. The van der Waals surface area contributed by atoms with E-state index >= 15 is 0 Å². The first-order valence-electron chi connectivity index (χ1n) is 6.13. The third kappa shape index (κ3) is 2.00. The van der Waals surface area contributed by atoms with E-state index in [2.05, 4.69) is 40.5 Å². The molecule has 0 aliphatic heterocycles. The van der Waals surface area contributed by atoms with Crippen LogP contribution in [0.15, 0.2) is 28.8 Å². The van der Waals surface area contributed by atoms with Crippen LogP contribution in [0.4, 0.5) is 0 Å². The molecule has 1 aliphatic carbocycles. The second kappa shape index (κ2) is 4.61. The van der Waals surface area contributed by atoms with Crippen molar-refractivity contribution in [1.82, 2.24) is 10.1 Å². The van der Waals surface area contributed by atoms with Crippen molar-refractivity contribution in [2.45, 2.75) is 31.6 Å². The summed E-state index contributed by atoms with van der Waals surface area (Å²) >= 11 is 0. The van der Waals surface area contributed by atoms with Gasteiger partial charge in [-0.05, 0) is 24.0 Å². The quantitative estimate of drug-likeness (QED) is 0.825. The standard InChI is InChI=1S/C14H13N3O/c15-7-3-6-13-16-14(17-18-13)12-8-10-4-1-2-5-11(10)9-12/h1-2,4-5,12H,3,6,8-9H2. The zero-order chi connectivity index (χ0) is 12.4. The van der Waals surface area contributed by atoms with Crippen LogP contribution in [-0.4, -0.2) is 10.1 Å². The summed E-state index contributed by atoms with van der Waals surface area (Å²) in [7, 11) is 0. The molecule has 0 spiro atoms. The maximum atomic E-state index is 8.52. The third-order valence-electron chi connectivity index (χ3n) is 3.35. The van der Waals surface area contributed by atoms with Crippen molar-refractivity contribution in [3.05, 3.63) is 47.1 Å². The van der Waals surface area contributed by atoms with Gasteiger partial charge in [-0.1, -0.05) is 29.4 Å². The number of hydrogen-bond donors (Lipinski definition) is 0. The molecule has 4 heteroatoms. The zero-order valence-corrected chi connectivity index (χ0v) is 9.97. The van der Waals surface area contributed by atoms with E-state index in [1.165, 1.54) is 11.1 Å². The molecule has 1 aromatic heterocycles. The minimum atomic E-state index is 0.321. The normalized spacial score (nSPS) is 14.4. The summed E-state index contributed by atoms with van der Waals surface area (Å²) in [5, 5.41) is 12.6. The van der Waals surface area contributed by atoms with Crippen LogP contribution in [0.2, 0.25) is 0 Å². The molecule has 1 aliphatic rings. The molecule has 0 saturated heterocycles. The summed E-state index contributed by atoms with van der Waals surface area (Å²) in [6.45, 7) is 0. The smallest absolute Gasteiger partial charge is 0.227 e. The van der Waals surface area contributed by atoms with Crippen LogP contribution in [0.3, 0.4) is 0 Å². The van der Waals surface area contributed by atoms with Gasteiger partial charge in [-0.2, -0.15) is 10.2 Å². The molecule has 0 saturated carbocycles. The SMILES string of the molecule is N#CCCc1nc(C2Cc3ccccc3C2)no1. The first kappa shape index (κ1) is 11.0. The Bertz CT molecular complexity index is 572. The maximum absolute atomic E-state index is 8.52. The molecule has 0 bridgehead atoms. The topological polar surface area (TPSA) is 62.7 Å².